The van der Waals surface area contributed by atoms with E-state index < -0.39 is 0 Å². The van der Waals surface area contributed by atoms with Crippen LogP contribution in [-0.2, 0) is 0 Å². The molecule has 20 heavy (non-hydrogen) atoms. The number of nitrogen functional groups attached to an aromatic ring is 1. The lowest BCUT2D eigenvalue weighted by molar-refractivity contribution is 0.864. The van der Waals surface area contributed by atoms with Crippen LogP contribution in [0.3, 0.4) is 0 Å². The maximum absolute atomic E-state index is 5.99. The summed E-state index contributed by atoms with van der Waals surface area (Å²) in [6.45, 7) is 0.936. The fourth-order valence-electron chi connectivity index (χ4n) is 2.52. The minimum Gasteiger partial charge on any atom is -0.382 e. The zero-order valence-corrected chi connectivity index (χ0v) is 12.1. The Morgan fingerprint density at radius 1 is 1.30 bits per heavy atom. The first-order valence-corrected chi connectivity index (χ1v) is 7.69. The number of allylic oxidation sites excluding steroid dienone is 1. The molecule has 4 nitrogen and oxygen atoms in total. The Bertz CT molecular complexity index is 604. The zero-order chi connectivity index (χ0) is 13.8. The molecular weight excluding hydrogens is 268 g/mol. The van der Waals surface area contributed by atoms with Crippen LogP contribution in [0.5, 0.6) is 0 Å². The highest BCUT2D eigenvalue weighted by molar-refractivity contribution is 7.11. The number of nitrogens with two attached hydrogens (primary N) is 1. The first-order valence-electron chi connectivity index (χ1n) is 6.92. The minimum absolute atomic E-state index is 0.587. The van der Waals surface area contributed by atoms with Gasteiger partial charge in [0.15, 0.2) is 0 Å². The Morgan fingerprint density at radius 3 is 2.90 bits per heavy atom. The average Bonchev–Trinajstić information content (AvgIpc) is 3.10. The summed E-state index contributed by atoms with van der Waals surface area (Å²) in [6, 6.07) is 3.93. The summed E-state index contributed by atoms with van der Waals surface area (Å²) in [5, 5.41) is 4.52. The van der Waals surface area contributed by atoms with Crippen LogP contribution in [0, 0.1) is 0 Å². The molecule has 0 radical (unpaired) electrons. The molecule has 5 heteroatoms. The third-order valence-electron chi connectivity index (χ3n) is 3.55. The number of pyridine rings is 1. The van der Waals surface area contributed by atoms with Crippen LogP contribution in [0.4, 0.5) is 10.8 Å². The van der Waals surface area contributed by atoms with Gasteiger partial charge in [-0.1, -0.05) is 11.6 Å². The molecule has 3 rings (SSSR count). The summed E-state index contributed by atoms with van der Waals surface area (Å²) in [4.78, 5) is 4.04. The normalized spacial score (nSPS) is 14.3. The highest BCUT2D eigenvalue weighted by Gasteiger charge is 2.13. The van der Waals surface area contributed by atoms with E-state index in [1.54, 1.807) is 18.0 Å². The molecule has 0 aliphatic heterocycles. The second-order valence-electron chi connectivity index (χ2n) is 4.94. The molecule has 0 saturated carbocycles. The average molecular weight is 286 g/mol. The van der Waals surface area contributed by atoms with Crippen molar-refractivity contribution in [1.29, 1.82) is 0 Å². The van der Waals surface area contributed by atoms with E-state index in [2.05, 4.69) is 20.8 Å². The third kappa shape index (κ3) is 2.82. The molecule has 0 aromatic carbocycles. The van der Waals surface area contributed by atoms with Gasteiger partial charge in [-0.15, -0.1) is 0 Å². The molecule has 0 unspecified atom stereocenters. The van der Waals surface area contributed by atoms with Crippen molar-refractivity contribution < 1.29 is 0 Å². The SMILES string of the molecule is Nc1nsc(NCCC2=CCCC2)c1-c1ccncc1. The highest BCUT2D eigenvalue weighted by atomic mass is 32.1. The number of hydrogen-bond acceptors (Lipinski definition) is 5. The largest absolute Gasteiger partial charge is 0.382 e. The molecule has 104 valence electrons. The van der Waals surface area contributed by atoms with Crippen LogP contribution in [0.25, 0.3) is 11.1 Å². The van der Waals surface area contributed by atoms with E-state index >= 15 is 0 Å². The maximum atomic E-state index is 5.99. The molecular formula is C15H18N4S. The molecule has 0 fully saturated rings. The Hall–Kier alpha value is -1.88. The van der Waals surface area contributed by atoms with Crippen LogP contribution in [-0.4, -0.2) is 15.9 Å². The quantitative estimate of drug-likeness (QED) is 0.823. The smallest absolute Gasteiger partial charge is 0.147 e. The molecule has 0 bridgehead atoms. The topological polar surface area (TPSA) is 63.8 Å². The third-order valence-corrected chi connectivity index (χ3v) is 4.37. The fourth-order valence-corrected chi connectivity index (χ4v) is 3.28. The van der Waals surface area contributed by atoms with Crippen molar-refractivity contribution in [3.63, 3.8) is 0 Å². The van der Waals surface area contributed by atoms with E-state index in [1.807, 2.05) is 12.1 Å². The van der Waals surface area contributed by atoms with Crippen molar-refractivity contribution in [2.45, 2.75) is 25.7 Å². The van der Waals surface area contributed by atoms with Gasteiger partial charge < -0.3 is 11.1 Å². The van der Waals surface area contributed by atoms with Crippen molar-refractivity contribution >= 4 is 22.4 Å². The van der Waals surface area contributed by atoms with Crippen molar-refractivity contribution in [1.82, 2.24) is 9.36 Å². The van der Waals surface area contributed by atoms with E-state index in [4.69, 9.17) is 5.73 Å². The molecule has 2 aromatic heterocycles. The standard InChI is InChI=1S/C15H18N4S/c16-14-13(12-6-8-17-9-7-12)15(20-19-14)18-10-5-11-3-1-2-4-11/h3,6-9,18H,1-2,4-5,10H2,(H2,16,19). The van der Waals surface area contributed by atoms with Gasteiger partial charge in [-0.05, 0) is 54.9 Å². The van der Waals surface area contributed by atoms with Gasteiger partial charge in [0.2, 0.25) is 0 Å². The first kappa shape index (κ1) is 13.1. The summed E-state index contributed by atoms with van der Waals surface area (Å²) < 4.78 is 4.27. The van der Waals surface area contributed by atoms with E-state index in [0.717, 1.165) is 29.1 Å². The van der Waals surface area contributed by atoms with Crippen molar-refractivity contribution in [2.75, 3.05) is 17.6 Å². The lowest BCUT2D eigenvalue weighted by atomic mass is 10.1. The van der Waals surface area contributed by atoms with Crippen molar-refractivity contribution in [3.8, 4) is 11.1 Å². The summed E-state index contributed by atoms with van der Waals surface area (Å²) in [5.74, 6) is 0.587. The number of nitrogens with one attached hydrogen (secondary N) is 1. The van der Waals surface area contributed by atoms with Crippen LogP contribution in [0.2, 0.25) is 0 Å². The van der Waals surface area contributed by atoms with Gasteiger partial charge >= 0.3 is 0 Å². The summed E-state index contributed by atoms with van der Waals surface area (Å²) in [5.41, 5.74) is 9.63. The molecule has 2 aromatic rings. The molecule has 1 aliphatic carbocycles. The molecule has 0 atom stereocenters. The Kier molecular flexibility index (Phi) is 3.97. The first-order chi connectivity index (χ1) is 9.84. The number of anilines is 2. The zero-order valence-electron chi connectivity index (χ0n) is 11.3. The van der Waals surface area contributed by atoms with E-state index in [0.29, 0.717) is 5.82 Å². The number of aromatic nitrogens is 2. The Labute approximate surface area is 122 Å². The van der Waals surface area contributed by atoms with Crippen molar-refractivity contribution in [2.24, 2.45) is 0 Å². The predicted molar refractivity (Wildman–Crippen MR) is 84.8 cm³/mol. The van der Waals surface area contributed by atoms with Crippen LogP contribution >= 0.6 is 11.5 Å². The lowest BCUT2D eigenvalue weighted by Gasteiger charge is -2.07. The van der Waals surface area contributed by atoms with Gasteiger partial charge in [0, 0.05) is 18.9 Å². The highest BCUT2D eigenvalue weighted by Crippen LogP contribution is 2.36. The molecule has 0 spiro atoms. The van der Waals surface area contributed by atoms with Gasteiger partial charge in [0.1, 0.15) is 10.8 Å². The van der Waals surface area contributed by atoms with E-state index in [9.17, 15) is 0 Å². The van der Waals surface area contributed by atoms with Gasteiger partial charge in [0.05, 0.1) is 5.56 Å². The van der Waals surface area contributed by atoms with Gasteiger partial charge in [-0.25, -0.2) is 0 Å². The summed E-state index contributed by atoms with van der Waals surface area (Å²) >= 11 is 1.43. The number of nitrogens with zero attached hydrogens (tertiary/aromatic N) is 2. The fraction of sp³-hybridized carbons (Fsp3) is 0.333. The molecule has 3 N–H and O–H groups in total. The van der Waals surface area contributed by atoms with Crippen molar-refractivity contribution in [3.05, 3.63) is 36.2 Å². The lowest BCUT2D eigenvalue weighted by Crippen LogP contribution is -2.02. The summed E-state index contributed by atoms with van der Waals surface area (Å²) in [7, 11) is 0. The molecule has 1 aliphatic rings. The van der Waals surface area contributed by atoms with E-state index in [-0.39, 0.29) is 0 Å². The van der Waals surface area contributed by atoms with E-state index in [1.165, 1.54) is 30.8 Å². The van der Waals surface area contributed by atoms with Crippen LogP contribution in [0.15, 0.2) is 36.2 Å². The Balaban J connectivity index is 1.71. The Morgan fingerprint density at radius 2 is 2.15 bits per heavy atom. The van der Waals surface area contributed by atoms with Gasteiger partial charge in [-0.2, -0.15) is 4.37 Å². The molecule has 0 saturated heterocycles. The van der Waals surface area contributed by atoms with Crippen LogP contribution in [0.1, 0.15) is 25.7 Å². The number of rotatable bonds is 5. The predicted octanol–water partition coefficient (Wildman–Crippen LogP) is 3.70. The second-order valence-corrected chi connectivity index (χ2v) is 5.71. The maximum Gasteiger partial charge on any atom is 0.147 e. The van der Waals surface area contributed by atoms with Gasteiger partial charge in [-0.3, -0.25) is 4.98 Å². The monoisotopic (exact) mass is 286 g/mol. The number of hydrogen-bond donors (Lipinski definition) is 2. The minimum atomic E-state index is 0.587. The molecule has 2 heterocycles. The summed E-state index contributed by atoms with van der Waals surface area (Å²) in [6.07, 6.45) is 10.8. The molecule has 0 amide bonds. The van der Waals surface area contributed by atoms with Gasteiger partial charge in [0.25, 0.3) is 0 Å². The second kappa shape index (κ2) is 6.05. The van der Waals surface area contributed by atoms with Crippen LogP contribution < -0.4 is 11.1 Å².